The molecule has 11 nitrogen and oxygen atoms in total. The molecule has 2 rings (SSSR count). The maximum Gasteiger partial charge on any atom is 0.243 e. The number of likely N-dealkylation sites (N-methyl/N-ethyl adjacent to an activating group) is 2. The first-order valence-corrected chi connectivity index (χ1v) is 12.8. The Balaban J connectivity index is 1.91. The first kappa shape index (κ1) is 31.3. The topological polar surface area (TPSA) is 157 Å². The van der Waals surface area contributed by atoms with Gasteiger partial charge in [-0.1, -0.05) is 42.5 Å². The smallest absolute Gasteiger partial charge is 0.243 e. The lowest BCUT2D eigenvalue weighted by Crippen LogP contribution is -2.54. The van der Waals surface area contributed by atoms with E-state index in [9.17, 15) is 24.3 Å². The Labute approximate surface area is 229 Å². The molecule has 0 aliphatic heterocycles. The van der Waals surface area contributed by atoms with E-state index in [-0.39, 0.29) is 24.6 Å². The molecule has 0 spiro atoms. The van der Waals surface area contributed by atoms with Crippen LogP contribution in [0.15, 0.2) is 54.6 Å². The molecule has 0 aromatic heterocycles. The van der Waals surface area contributed by atoms with E-state index in [1.54, 1.807) is 12.1 Å². The second-order valence-corrected chi connectivity index (χ2v) is 9.73. The van der Waals surface area contributed by atoms with Gasteiger partial charge in [0.05, 0.1) is 12.6 Å². The second-order valence-electron chi connectivity index (χ2n) is 9.73. The van der Waals surface area contributed by atoms with E-state index < -0.39 is 35.8 Å². The van der Waals surface area contributed by atoms with Gasteiger partial charge < -0.3 is 36.6 Å². The maximum atomic E-state index is 13.0. The quantitative estimate of drug-likeness (QED) is 0.219. The number of nitrogens with one attached hydrogen (secondary N) is 3. The minimum absolute atomic E-state index is 0.110. The van der Waals surface area contributed by atoms with Crippen molar-refractivity contribution in [2.45, 2.75) is 37.9 Å². The summed E-state index contributed by atoms with van der Waals surface area (Å²) < 4.78 is 0. The van der Waals surface area contributed by atoms with Crippen LogP contribution in [0.2, 0.25) is 0 Å². The SMILES string of the molecule is C[C@@H](NC(=O)[C@@H](N)Cc1ccc(O)cc1)C(=O)NCC(=O)N(C)[C@@H](Cc1ccccc1)C(=O)NCCN(C)C. The standard InChI is InChI=1S/C28H40N6O5/c1-19(32-27(38)23(29)16-21-10-12-22(35)13-11-21)26(37)31-18-25(36)34(4)24(17-20-8-6-5-7-9-20)28(39)30-14-15-33(2)3/h5-13,19,23-24,35H,14-18,29H2,1-4H3,(H,30,39)(H,31,37)(H,32,38)/t19-,23+,24+/m1/s1. The van der Waals surface area contributed by atoms with Gasteiger partial charge >= 0.3 is 0 Å². The normalized spacial score (nSPS) is 13.2. The predicted octanol–water partition coefficient (Wildman–Crippen LogP) is -0.370. The first-order chi connectivity index (χ1) is 18.5. The predicted molar refractivity (Wildman–Crippen MR) is 149 cm³/mol. The molecule has 0 saturated heterocycles. The molecule has 212 valence electrons. The Hall–Kier alpha value is -3.96. The molecule has 0 aliphatic carbocycles. The molecular formula is C28H40N6O5. The number of aromatic hydroxyl groups is 1. The summed E-state index contributed by atoms with van der Waals surface area (Å²) in [6.45, 7) is 2.23. The molecule has 0 radical (unpaired) electrons. The zero-order valence-corrected chi connectivity index (χ0v) is 23.0. The summed E-state index contributed by atoms with van der Waals surface area (Å²) >= 11 is 0. The van der Waals surface area contributed by atoms with Crippen LogP contribution >= 0.6 is 0 Å². The zero-order chi connectivity index (χ0) is 28.9. The first-order valence-electron chi connectivity index (χ1n) is 12.8. The fourth-order valence-corrected chi connectivity index (χ4v) is 3.74. The van der Waals surface area contributed by atoms with Crippen LogP contribution < -0.4 is 21.7 Å². The highest BCUT2D eigenvalue weighted by atomic mass is 16.3. The Morgan fingerprint density at radius 1 is 0.846 bits per heavy atom. The number of phenolic OH excluding ortho intramolecular Hbond substituents is 1. The highest BCUT2D eigenvalue weighted by Crippen LogP contribution is 2.11. The molecule has 2 aromatic carbocycles. The zero-order valence-electron chi connectivity index (χ0n) is 23.0. The van der Waals surface area contributed by atoms with Gasteiger partial charge in [0.2, 0.25) is 23.6 Å². The van der Waals surface area contributed by atoms with Gasteiger partial charge in [0.25, 0.3) is 0 Å². The lowest BCUT2D eigenvalue weighted by Gasteiger charge is -2.28. The molecular weight excluding hydrogens is 500 g/mol. The van der Waals surface area contributed by atoms with E-state index in [1.165, 1.54) is 31.0 Å². The number of phenols is 1. The van der Waals surface area contributed by atoms with Crippen LogP contribution in [0.1, 0.15) is 18.1 Å². The van der Waals surface area contributed by atoms with Crippen LogP contribution in [0.5, 0.6) is 5.75 Å². The number of carbonyl (C=O) groups excluding carboxylic acids is 4. The number of rotatable bonds is 14. The van der Waals surface area contributed by atoms with Crippen molar-refractivity contribution in [2.24, 2.45) is 5.73 Å². The molecule has 0 saturated carbocycles. The van der Waals surface area contributed by atoms with Crippen LogP contribution in [0.4, 0.5) is 0 Å². The molecule has 0 bridgehead atoms. The molecule has 2 aromatic rings. The summed E-state index contributed by atoms with van der Waals surface area (Å²) in [5, 5.41) is 17.3. The average molecular weight is 541 g/mol. The maximum absolute atomic E-state index is 13.0. The Bertz CT molecular complexity index is 1090. The monoisotopic (exact) mass is 540 g/mol. The van der Waals surface area contributed by atoms with Gasteiger partial charge in [-0.05, 0) is 50.7 Å². The minimum atomic E-state index is -0.934. The van der Waals surface area contributed by atoms with Crippen LogP contribution in [-0.2, 0) is 32.0 Å². The summed E-state index contributed by atoms with van der Waals surface area (Å²) in [5.74, 6) is -1.71. The number of nitrogens with zero attached hydrogens (tertiary/aromatic N) is 2. The summed E-state index contributed by atoms with van der Waals surface area (Å²) in [7, 11) is 5.33. The van der Waals surface area contributed by atoms with Gasteiger partial charge in [-0.15, -0.1) is 0 Å². The summed E-state index contributed by atoms with van der Waals surface area (Å²) in [6, 6.07) is 13.1. The third-order valence-electron chi connectivity index (χ3n) is 6.19. The fraction of sp³-hybridized carbons (Fsp3) is 0.429. The molecule has 0 heterocycles. The lowest BCUT2D eigenvalue weighted by molar-refractivity contribution is -0.139. The lowest BCUT2D eigenvalue weighted by atomic mass is 10.0. The number of carbonyl (C=O) groups is 4. The highest BCUT2D eigenvalue weighted by Gasteiger charge is 2.28. The van der Waals surface area contributed by atoms with Crippen molar-refractivity contribution < 1.29 is 24.3 Å². The Morgan fingerprint density at radius 3 is 2.08 bits per heavy atom. The largest absolute Gasteiger partial charge is 0.508 e. The molecule has 0 aliphatic rings. The summed E-state index contributed by atoms with van der Waals surface area (Å²) in [5.41, 5.74) is 7.62. The van der Waals surface area contributed by atoms with Crippen molar-refractivity contribution in [3.8, 4) is 5.75 Å². The number of nitrogens with two attached hydrogens (primary N) is 1. The van der Waals surface area contributed by atoms with E-state index in [2.05, 4.69) is 16.0 Å². The van der Waals surface area contributed by atoms with Gasteiger partial charge in [-0.2, -0.15) is 0 Å². The number of hydrogen-bond donors (Lipinski definition) is 5. The van der Waals surface area contributed by atoms with E-state index in [0.29, 0.717) is 19.5 Å². The van der Waals surface area contributed by atoms with Crippen molar-refractivity contribution in [2.75, 3.05) is 40.8 Å². The minimum Gasteiger partial charge on any atom is -0.508 e. The molecule has 4 amide bonds. The Morgan fingerprint density at radius 2 is 1.46 bits per heavy atom. The van der Waals surface area contributed by atoms with Gasteiger partial charge in [-0.25, -0.2) is 0 Å². The Kier molecular flexibility index (Phi) is 12.4. The second kappa shape index (κ2) is 15.5. The molecule has 3 atom stereocenters. The van der Waals surface area contributed by atoms with Crippen molar-refractivity contribution in [1.82, 2.24) is 25.8 Å². The van der Waals surface area contributed by atoms with Crippen LogP contribution in [0.25, 0.3) is 0 Å². The molecule has 39 heavy (non-hydrogen) atoms. The summed E-state index contributed by atoms with van der Waals surface area (Å²) in [4.78, 5) is 54.2. The van der Waals surface area contributed by atoms with Crippen molar-refractivity contribution >= 4 is 23.6 Å². The van der Waals surface area contributed by atoms with Gasteiger partial charge in [0.1, 0.15) is 17.8 Å². The van der Waals surface area contributed by atoms with Crippen LogP contribution in [-0.4, -0.2) is 97.4 Å². The van der Waals surface area contributed by atoms with E-state index in [4.69, 9.17) is 5.73 Å². The van der Waals surface area contributed by atoms with Gasteiger partial charge in [0.15, 0.2) is 0 Å². The molecule has 11 heteroatoms. The van der Waals surface area contributed by atoms with Crippen molar-refractivity contribution in [3.63, 3.8) is 0 Å². The van der Waals surface area contributed by atoms with Crippen molar-refractivity contribution in [1.29, 1.82) is 0 Å². The fourth-order valence-electron chi connectivity index (χ4n) is 3.74. The van der Waals surface area contributed by atoms with Crippen molar-refractivity contribution in [3.05, 3.63) is 65.7 Å². The summed E-state index contributed by atoms with van der Waals surface area (Å²) in [6.07, 6.45) is 0.541. The van der Waals surface area contributed by atoms with E-state index >= 15 is 0 Å². The number of hydrogen-bond acceptors (Lipinski definition) is 7. The third kappa shape index (κ3) is 10.7. The number of benzene rings is 2. The third-order valence-corrected chi connectivity index (χ3v) is 6.19. The highest BCUT2D eigenvalue weighted by molar-refractivity contribution is 5.93. The molecule has 6 N–H and O–H groups in total. The molecule has 0 fully saturated rings. The van der Waals surface area contributed by atoms with Gasteiger partial charge in [0, 0.05) is 26.6 Å². The van der Waals surface area contributed by atoms with Crippen LogP contribution in [0, 0.1) is 0 Å². The van der Waals surface area contributed by atoms with E-state index in [0.717, 1.165) is 11.1 Å². The average Bonchev–Trinajstić information content (AvgIpc) is 2.91. The number of amides is 4. The van der Waals surface area contributed by atoms with Gasteiger partial charge in [-0.3, -0.25) is 19.2 Å². The van der Waals surface area contributed by atoms with Crippen LogP contribution in [0.3, 0.4) is 0 Å². The van der Waals surface area contributed by atoms with E-state index in [1.807, 2.05) is 49.3 Å². The molecule has 0 unspecified atom stereocenters.